The largest absolute Gasteiger partial charge is 0.494 e. The summed E-state index contributed by atoms with van der Waals surface area (Å²) >= 11 is 0. The first kappa shape index (κ1) is 21.2. The molecule has 2 aromatic rings. The molecule has 1 atom stereocenters. The van der Waals surface area contributed by atoms with Gasteiger partial charge in [0.2, 0.25) is 0 Å². The molecule has 0 saturated carbocycles. The van der Waals surface area contributed by atoms with Crippen molar-refractivity contribution in [3.63, 3.8) is 0 Å². The predicted molar refractivity (Wildman–Crippen MR) is 116 cm³/mol. The lowest BCUT2D eigenvalue weighted by Crippen LogP contribution is -2.44. The Kier molecular flexibility index (Phi) is 7.94. The average Bonchev–Trinajstić information content (AvgIpc) is 2.75. The number of carbonyl (C=O) groups is 1. The maximum Gasteiger partial charge on any atom is 0.257 e. The summed E-state index contributed by atoms with van der Waals surface area (Å²) in [6.07, 6.45) is 5.82. The van der Waals surface area contributed by atoms with Gasteiger partial charge in [-0.05, 0) is 36.2 Å². The highest BCUT2D eigenvalue weighted by Crippen LogP contribution is 2.33. The third-order valence-corrected chi connectivity index (χ3v) is 5.25. The Labute approximate surface area is 174 Å². The number of benzene rings is 2. The van der Waals surface area contributed by atoms with Crippen molar-refractivity contribution in [2.24, 2.45) is 0 Å². The van der Waals surface area contributed by atoms with Crippen LogP contribution in [0.25, 0.3) is 0 Å². The van der Waals surface area contributed by atoms with Crippen LogP contribution in [0.15, 0.2) is 48.5 Å². The molecule has 5 heteroatoms. The number of unbranched alkanes of at least 4 members (excludes halogenated alkanes) is 4. The molecule has 156 valence electrons. The van der Waals surface area contributed by atoms with Crippen LogP contribution in [-0.4, -0.2) is 37.7 Å². The number of nitrogens with one attached hydrogen (secondary N) is 1. The zero-order valence-corrected chi connectivity index (χ0v) is 17.5. The number of para-hydroxylation sites is 1. The number of fused-ring (bicyclic) bond motifs is 1. The van der Waals surface area contributed by atoms with E-state index in [9.17, 15) is 4.79 Å². The molecule has 0 spiro atoms. The van der Waals surface area contributed by atoms with Crippen molar-refractivity contribution in [2.75, 3.05) is 32.2 Å². The van der Waals surface area contributed by atoms with Crippen molar-refractivity contribution in [3.05, 3.63) is 59.7 Å². The van der Waals surface area contributed by atoms with Crippen LogP contribution in [0, 0.1) is 0 Å². The maximum absolute atomic E-state index is 13.1. The zero-order valence-electron chi connectivity index (χ0n) is 17.5. The van der Waals surface area contributed by atoms with Crippen LogP contribution < -0.4 is 10.1 Å². The van der Waals surface area contributed by atoms with Crippen LogP contribution in [0.5, 0.6) is 5.75 Å². The van der Waals surface area contributed by atoms with Gasteiger partial charge in [0.25, 0.3) is 5.91 Å². The second-order valence-corrected chi connectivity index (χ2v) is 7.42. The Morgan fingerprint density at radius 2 is 1.83 bits per heavy atom. The number of carbonyl (C=O) groups excluding carboxylic acids is 1. The van der Waals surface area contributed by atoms with Crippen molar-refractivity contribution < 1.29 is 14.3 Å². The molecular weight excluding hydrogens is 364 g/mol. The van der Waals surface area contributed by atoms with E-state index in [1.807, 2.05) is 53.4 Å². The number of hydrogen-bond acceptors (Lipinski definition) is 4. The van der Waals surface area contributed by atoms with Crippen LogP contribution in [-0.2, 0) is 4.74 Å². The molecular formula is C24H32N2O3. The molecule has 5 nitrogen and oxygen atoms in total. The minimum atomic E-state index is -0.249. The SMILES string of the molecule is CCCCCCCOc1cccc(C2Nc3ccccc3C(=O)N2CCOC)c1. The second-order valence-electron chi connectivity index (χ2n) is 7.42. The first-order valence-corrected chi connectivity index (χ1v) is 10.6. The maximum atomic E-state index is 13.1. The summed E-state index contributed by atoms with van der Waals surface area (Å²) in [6, 6.07) is 15.7. The summed E-state index contributed by atoms with van der Waals surface area (Å²) in [4.78, 5) is 14.9. The van der Waals surface area contributed by atoms with Crippen LogP contribution >= 0.6 is 0 Å². The fourth-order valence-corrected chi connectivity index (χ4v) is 3.65. The Hall–Kier alpha value is -2.53. The number of nitrogens with zero attached hydrogens (tertiary/aromatic N) is 1. The number of methoxy groups -OCH3 is 1. The highest BCUT2D eigenvalue weighted by Gasteiger charge is 2.32. The lowest BCUT2D eigenvalue weighted by molar-refractivity contribution is 0.0609. The van der Waals surface area contributed by atoms with Crippen molar-refractivity contribution in [1.82, 2.24) is 4.90 Å². The molecule has 0 fully saturated rings. The molecule has 1 heterocycles. The van der Waals surface area contributed by atoms with Crippen molar-refractivity contribution in [1.29, 1.82) is 0 Å². The number of ether oxygens (including phenoxy) is 2. The molecule has 1 amide bonds. The van der Waals surface area contributed by atoms with Crippen LogP contribution in [0.1, 0.15) is 61.1 Å². The number of rotatable bonds is 11. The number of amides is 1. The van der Waals surface area contributed by atoms with Crippen molar-refractivity contribution >= 4 is 11.6 Å². The van der Waals surface area contributed by atoms with E-state index in [2.05, 4.69) is 12.2 Å². The van der Waals surface area contributed by atoms with Gasteiger partial charge in [0.1, 0.15) is 11.9 Å². The third kappa shape index (κ3) is 5.51. The van der Waals surface area contributed by atoms with E-state index in [1.54, 1.807) is 7.11 Å². The lowest BCUT2D eigenvalue weighted by atomic mass is 10.0. The van der Waals surface area contributed by atoms with Gasteiger partial charge in [-0.2, -0.15) is 0 Å². The van der Waals surface area contributed by atoms with Crippen LogP contribution in [0.2, 0.25) is 0 Å². The van der Waals surface area contributed by atoms with Crippen LogP contribution in [0.3, 0.4) is 0 Å². The van der Waals surface area contributed by atoms with E-state index in [4.69, 9.17) is 9.47 Å². The minimum Gasteiger partial charge on any atom is -0.494 e. The Balaban J connectivity index is 1.72. The van der Waals surface area contributed by atoms with Gasteiger partial charge in [0.05, 0.1) is 18.8 Å². The van der Waals surface area contributed by atoms with Gasteiger partial charge in [0.15, 0.2) is 0 Å². The molecule has 1 aliphatic heterocycles. The summed E-state index contributed by atoms with van der Waals surface area (Å²) in [5, 5.41) is 3.51. The fourth-order valence-electron chi connectivity index (χ4n) is 3.65. The monoisotopic (exact) mass is 396 g/mol. The van der Waals surface area contributed by atoms with Gasteiger partial charge in [-0.1, -0.05) is 56.9 Å². The summed E-state index contributed by atoms with van der Waals surface area (Å²) < 4.78 is 11.2. The van der Waals surface area contributed by atoms with E-state index >= 15 is 0 Å². The zero-order chi connectivity index (χ0) is 20.5. The predicted octanol–water partition coefficient (Wildman–Crippen LogP) is 5.25. The molecule has 3 rings (SSSR count). The van der Waals surface area contributed by atoms with E-state index in [0.29, 0.717) is 18.7 Å². The summed E-state index contributed by atoms with van der Waals surface area (Å²) in [5.41, 5.74) is 2.56. The lowest BCUT2D eigenvalue weighted by Gasteiger charge is -2.38. The fraction of sp³-hybridized carbons (Fsp3) is 0.458. The molecule has 0 radical (unpaired) electrons. The van der Waals surface area contributed by atoms with Gasteiger partial charge in [-0.3, -0.25) is 4.79 Å². The molecule has 29 heavy (non-hydrogen) atoms. The normalized spacial score (nSPS) is 15.7. The molecule has 0 aromatic heterocycles. The smallest absolute Gasteiger partial charge is 0.257 e. The molecule has 0 bridgehead atoms. The highest BCUT2D eigenvalue weighted by molar-refractivity contribution is 6.01. The molecule has 1 N–H and O–H groups in total. The van der Waals surface area contributed by atoms with Gasteiger partial charge >= 0.3 is 0 Å². The second kappa shape index (κ2) is 10.9. The minimum absolute atomic E-state index is 0.0173. The first-order valence-electron chi connectivity index (χ1n) is 10.6. The van der Waals surface area contributed by atoms with Gasteiger partial charge in [-0.25, -0.2) is 0 Å². The van der Waals surface area contributed by atoms with Crippen molar-refractivity contribution in [3.8, 4) is 5.75 Å². The van der Waals surface area contributed by atoms with Gasteiger partial charge < -0.3 is 19.7 Å². The topological polar surface area (TPSA) is 50.8 Å². The van der Waals surface area contributed by atoms with Gasteiger partial charge in [0, 0.05) is 19.3 Å². The Morgan fingerprint density at radius 3 is 2.66 bits per heavy atom. The molecule has 0 saturated heterocycles. The van der Waals surface area contributed by atoms with Gasteiger partial charge in [-0.15, -0.1) is 0 Å². The van der Waals surface area contributed by atoms with E-state index < -0.39 is 0 Å². The molecule has 2 aromatic carbocycles. The number of anilines is 1. The summed E-state index contributed by atoms with van der Waals surface area (Å²) in [6.45, 7) is 3.95. The molecule has 1 unspecified atom stereocenters. The first-order chi connectivity index (χ1) is 14.2. The molecule has 1 aliphatic rings. The summed E-state index contributed by atoms with van der Waals surface area (Å²) in [7, 11) is 1.65. The van der Waals surface area contributed by atoms with Crippen molar-refractivity contribution in [2.45, 2.75) is 45.2 Å². The van der Waals surface area contributed by atoms with E-state index in [0.717, 1.165) is 30.0 Å². The Bertz CT molecular complexity index is 793. The number of hydrogen-bond donors (Lipinski definition) is 1. The van der Waals surface area contributed by atoms with Crippen LogP contribution in [0.4, 0.5) is 5.69 Å². The highest BCUT2D eigenvalue weighted by atomic mass is 16.5. The van der Waals surface area contributed by atoms with E-state index in [-0.39, 0.29) is 12.1 Å². The Morgan fingerprint density at radius 1 is 1.00 bits per heavy atom. The quantitative estimate of drug-likeness (QED) is 0.527. The standard InChI is InChI=1S/C24H32N2O3/c1-3-4-5-6-9-16-29-20-12-10-11-19(18-20)23-25-22-14-8-7-13-21(22)24(27)26(23)15-17-28-2/h7-8,10-14,18,23,25H,3-6,9,15-17H2,1-2H3. The third-order valence-electron chi connectivity index (χ3n) is 5.25. The molecule has 0 aliphatic carbocycles. The van der Waals surface area contributed by atoms with E-state index in [1.165, 1.54) is 25.7 Å². The average molecular weight is 397 g/mol. The summed E-state index contributed by atoms with van der Waals surface area (Å²) in [5.74, 6) is 0.862.